The number of rotatable bonds is 4. The first-order valence-corrected chi connectivity index (χ1v) is 6.26. The molecule has 5 nitrogen and oxygen atoms in total. The Morgan fingerprint density at radius 3 is 2.81 bits per heavy atom. The van der Waals surface area contributed by atoms with Gasteiger partial charge in [0.05, 0.1) is 6.20 Å². The largest absolute Gasteiger partial charge is 0.319 e. The highest BCUT2D eigenvalue weighted by Gasteiger charge is 2.14. The number of amides is 1. The van der Waals surface area contributed by atoms with Gasteiger partial charge in [-0.1, -0.05) is 6.92 Å². The van der Waals surface area contributed by atoms with E-state index in [0.29, 0.717) is 21.6 Å². The Balaban J connectivity index is 2.69. The summed E-state index contributed by atoms with van der Waals surface area (Å²) in [7, 11) is 1.80. The van der Waals surface area contributed by atoms with Crippen molar-refractivity contribution >= 4 is 43.6 Å². The van der Waals surface area contributed by atoms with Gasteiger partial charge in [0.2, 0.25) is 5.91 Å². The molecular weight excluding hydrogens is 340 g/mol. The quantitative estimate of drug-likeness (QED) is 0.867. The van der Waals surface area contributed by atoms with Crippen LogP contribution in [0.4, 0.5) is 5.82 Å². The molecular formula is C9H12Br2N4O. The number of aromatic nitrogens is 2. The molecule has 0 aliphatic heterocycles. The third-order valence-electron chi connectivity index (χ3n) is 1.90. The third-order valence-corrected chi connectivity index (χ3v) is 2.84. The van der Waals surface area contributed by atoms with Crippen molar-refractivity contribution in [1.29, 1.82) is 0 Å². The zero-order chi connectivity index (χ0) is 12.1. The second kappa shape index (κ2) is 6.27. The molecule has 0 aromatic carbocycles. The summed E-state index contributed by atoms with van der Waals surface area (Å²) in [6.07, 6.45) is 1.53. The summed E-state index contributed by atoms with van der Waals surface area (Å²) < 4.78 is 1.12. The number of carbonyl (C=O) groups excluding carboxylic acids is 1. The minimum absolute atomic E-state index is 0.0910. The number of carbonyl (C=O) groups is 1. The van der Waals surface area contributed by atoms with Crippen LogP contribution >= 0.6 is 31.9 Å². The van der Waals surface area contributed by atoms with Crippen LogP contribution < -0.4 is 10.6 Å². The van der Waals surface area contributed by atoms with Crippen LogP contribution in [0.25, 0.3) is 0 Å². The Morgan fingerprint density at radius 2 is 2.25 bits per heavy atom. The fourth-order valence-electron chi connectivity index (χ4n) is 1.07. The van der Waals surface area contributed by atoms with E-state index in [-0.39, 0.29) is 11.8 Å². The van der Waals surface area contributed by atoms with Crippen LogP contribution in [0.5, 0.6) is 0 Å². The lowest BCUT2D eigenvalue weighted by molar-refractivity contribution is -0.119. The summed E-state index contributed by atoms with van der Waals surface area (Å²) in [5.74, 6) is 0.213. The number of hydrogen-bond acceptors (Lipinski definition) is 4. The van der Waals surface area contributed by atoms with Gasteiger partial charge < -0.3 is 10.6 Å². The molecule has 1 rings (SSSR count). The molecule has 1 atom stereocenters. The Hall–Kier alpha value is -0.530. The molecule has 16 heavy (non-hydrogen) atoms. The Morgan fingerprint density at radius 1 is 1.56 bits per heavy atom. The topological polar surface area (TPSA) is 66.9 Å². The lowest BCUT2D eigenvalue weighted by atomic mass is 10.1. The zero-order valence-electron chi connectivity index (χ0n) is 8.92. The summed E-state index contributed by atoms with van der Waals surface area (Å²) in [6, 6.07) is 0. The van der Waals surface area contributed by atoms with E-state index in [0.717, 1.165) is 0 Å². The van der Waals surface area contributed by atoms with Gasteiger partial charge in [-0.2, -0.15) is 0 Å². The van der Waals surface area contributed by atoms with E-state index in [1.54, 1.807) is 7.05 Å². The van der Waals surface area contributed by atoms with E-state index in [1.165, 1.54) is 6.20 Å². The first-order valence-electron chi connectivity index (χ1n) is 4.68. The van der Waals surface area contributed by atoms with Crippen LogP contribution in [0, 0.1) is 5.92 Å². The minimum Gasteiger partial charge on any atom is -0.319 e. The second-order valence-electron chi connectivity index (χ2n) is 3.28. The predicted molar refractivity (Wildman–Crippen MR) is 69.2 cm³/mol. The van der Waals surface area contributed by atoms with Gasteiger partial charge in [-0.25, -0.2) is 9.97 Å². The van der Waals surface area contributed by atoms with E-state index in [4.69, 9.17) is 0 Å². The summed E-state index contributed by atoms with van der Waals surface area (Å²) in [5.41, 5.74) is 0. The highest BCUT2D eigenvalue weighted by atomic mass is 79.9. The van der Waals surface area contributed by atoms with Crippen LogP contribution in [-0.4, -0.2) is 29.5 Å². The van der Waals surface area contributed by atoms with Crippen molar-refractivity contribution in [2.45, 2.75) is 6.92 Å². The summed E-state index contributed by atoms with van der Waals surface area (Å²) in [4.78, 5) is 19.8. The van der Waals surface area contributed by atoms with Gasteiger partial charge >= 0.3 is 0 Å². The molecule has 0 saturated carbocycles. The Labute approximate surface area is 111 Å². The molecule has 0 aliphatic carbocycles. The molecule has 0 aliphatic rings. The van der Waals surface area contributed by atoms with E-state index in [2.05, 4.69) is 52.5 Å². The molecule has 0 spiro atoms. The molecule has 0 radical (unpaired) electrons. The van der Waals surface area contributed by atoms with Gasteiger partial charge in [0.15, 0.2) is 5.82 Å². The van der Waals surface area contributed by atoms with Gasteiger partial charge in [-0.3, -0.25) is 4.79 Å². The van der Waals surface area contributed by atoms with E-state index < -0.39 is 0 Å². The first-order chi connectivity index (χ1) is 7.54. The maximum Gasteiger partial charge on any atom is 0.229 e. The molecule has 1 unspecified atom stereocenters. The van der Waals surface area contributed by atoms with E-state index in [9.17, 15) is 4.79 Å². The Kier molecular flexibility index (Phi) is 5.30. The van der Waals surface area contributed by atoms with Crippen LogP contribution in [0.15, 0.2) is 15.4 Å². The monoisotopic (exact) mass is 350 g/mol. The maximum absolute atomic E-state index is 11.7. The SMILES string of the molecule is CNCC(C)C(=O)Nc1ncc(Br)nc1Br. The normalized spacial score (nSPS) is 12.2. The lowest BCUT2D eigenvalue weighted by Crippen LogP contribution is -2.29. The molecule has 88 valence electrons. The smallest absolute Gasteiger partial charge is 0.229 e. The van der Waals surface area contributed by atoms with Crippen molar-refractivity contribution in [1.82, 2.24) is 15.3 Å². The van der Waals surface area contributed by atoms with Gasteiger partial charge in [0.1, 0.15) is 9.21 Å². The summed E-state index contributed by atoms with van der Waals surface area (Å²) >= 11 is 6.42. The number of halogens is 2. The van der Waals surface area contributed by atoms with E-state index in [1.807, 2.05) is 6.92 Å². The van der Waals surface area contributed by atoms with Crippen molar-refractivity contribution in [3.8, 4) is 0 Å². The average Bonchev–Trinajstić information content (AvgIpc) is 2.22. The first kappa shape index (κ1) is 13.5. The van der Waals surface area contributed by atoms with Gasteiger partial charge in [0, 0.05) is 12.5 Å². The van der Waals surface area contributed by atoms with Crippen molar-refractivity contribution in [2.75, 3.05) is 18.9 Å². The molecule has 7 heteroatoms. The minimum atomic E-state index is -0.123. The predicted octanol–water partition coefficient (Wildman–Crippen LogP) is 1.80. The van der Waals surface area contributed by atoms with E-state index >= 15 is 0 Å². The molecule has 1 aromatic rings. The van der Waals surface area contributed by atoms with Crippen LogP contribution in [0.1, 0.15) is 6.92 Å². The lowest BCUT2D eigenvalue weighted by Gasteiger charge is -2.11. The molecule has 1 heterocycles. The molecule has 2 N–H and O–H groups in total. The summed E-state index contributed by atoms with van der Waals surface area (Å²) in [6.45, 7) is 2.46. The molecule has 1 amide bonds. The number of nitrogens with zero attached hydrogens (tertiary/aromatic N) is 2. The standard InChI is InChI=1S/C9H12Br2N4O/c1-5(3-12-2)9(16)15-8-7(11)14-6(10)4-13-8/h4-5,12H,3H2,1-2H3,(H,13,15,16). The van der Waals surface area contributed by atoms with Crippen LogP contribution in [0.2, 0.25) is 0 Å². The van der Waals surface area contributed by atoms with Gasteiger partial charge in [0.25, 0.3) is 0 Å². The molecule has 0 saturated heterocycles. The zero-order valence-corrected chi connectivity index (χ0v) is 12.1. The average molecular weight is 352 g/mol. The molecule has 1 aromatic heterocycles. The molecule has 0 bridgehead atoms. The molecule has 0 fully saturated rings. The number of anilines is 1. The van der Waals surface area contributed by atoms with Crippen molar-refractivity contribution in [3.05, 3.63) is 15.4 Å². The second-order valence-corrected chi connectivity index (χ2v) is 4.84. The van der Waals surface area contributed by atoms with Crippen molar-refractivity contribution < 1.29 is 4.79 Å². The third kappa shape index (κ3) is 3.80. The fourth-order valence-corrected chi connectivity index (χ4v) is 1.98. The van der Waals surface area contributed by atoms with Gasteiger partial charge in [-0.05, 0) is 38.9 Å². The Bertz CT molecular complexity index is 386. The van der Waals surface area contributed by atoms with Crippen LogP contribution in [-0.2, 0) is 4.79 Å². The number of nitrogens with one attached hydrogen (secondary N) is 2. The number of hydrogen-bond donors (Lipinski definition) is 2. The highest BCUT2D eigenvalue weighted by molar-refractivity contribution is 9.11. The van der Waals surface area contributed by atoms with Gasteiger partial charge in [-0.15, -0.1) is 0 Å². The van der Waals surface area contributed by atoms with Crippen LogP contribution in [0.3, 0.4) is 0 Å². The van der Waals surface area contributed by atoms with Crippen molar-refractivity contribution in [2.24, 2.45) is 5.92 Å². The maximum atomic E-state index is 11.7. The summed E-state index contributed by atoms with van der Waals surface area (Å²) in [5, 5.41) is 5.64. The fraction of sp³-hybridized carbons (Fsp3) is 0.444. The highest BCUT2D eigenvalue weighted by Crippen LogP contribution is 2.19. The van der Waals surface area contributed by atoms with Crippen molar-refractivity contribution in [3.63, 3.8) is 0 Å².